The summed E-state index contributed by atoms with van der Waals surface area (Å²) in [4.78, 5) is 39.8. The van der Waals surface area contributed by atoms with Crippen molar-refractivity contribution < 1.29 is 9.59 Å². The molecule has 8 heteroatoms. The number of fused-ring (bicyclic) bond motifs is 3. The van der Waals surface area contributed by atoms with Crippen molar-refractivity contribution in [1.82, 2.24) is 19.8 Å². The summed E-state index contributed by atoms with van der Waals surface area (Å²) in [6.45, 7) is 2.76. The largest absolute Gasteiger partial charge is 0.337 e. The van der Waals surface area contributed by atoms with Crippen LogP contribution in [0.15, 0.2) is 82.8 Å². The fraction of sp³-hybridized carbons (Fsp3) is 0.267. The van der Waals surface area contributed by atoms with E-state index in [9.17, 15) is 9.59 Å². The summed E-state index contributed by atoms with van der Waals surface area (Å²) in [6.07, 6.45) is 1.76. The molecule has 3 heterocycles. The Morgan fingerprint density at radius 3 is 1.45 bits per heavy atom. The van der Waals surface area contributed by atoms with Crippen LogP contribution in [-0.4, -0.2) is 56.2 Å². The normalized spacial score (nSPS) is 14.7. The Morgan fingerprint density at radius 1 is 0.605 bits per heavy atom. The van der Waals surface area contributed by atoms with Gasteiger partial charge < -0.3 is 9.80 Å². The van der Waals surface area contributed by atoms with Crippen molar-refractivity contribution in [2.45, 2.75) is 36.0 Å². The molecule has 0 N–H and O–H groups in total. The second kappa shape index (κ2) is 11.2. The van der Waals surface area contributed by atoms with Gasteiger partial charge in [0.25, 0.3) is 0 Å². The summed E-state index contributed by atoms with van der Waals surface area (Å²) >= 11 is 2.82. The van der Waals surface area contributed by atoms with E-state index in [1.165, 1.54) is 45.8 Å². The summed E-state index contributed by atoms with van der Waals surface area (Å²) in [5.41, 5.74) is 6.67. The average Bonchev–Trinajstić information content (AvgIpc) is 2.97. The predicted octanol–water partition coefficient (Wildman–Crippen LogP) is 4.98. The zero-order valence-corrected chi connectivity index (χ0v) is 22.6. The van der Waals surface area contributed by atoms with Gasteiger partial charge in [-0.1, -0.05) is 84.2 Å². The number of para-hydroxylation sites is 2. The Bertz CT molecular complexity index is 1400. The molecule has 0 saturated heterocycles. The maximum Gasteiger partial charge on any atom is 0.233 e. The van der Waals surface area contributed by atoms with E-state index in [4.69, 9.17) is 9.97 Å². The first-order chi connectivity index (χ1) is 18.6. The van der Waals surface area contributed by atoms with Gasteiger partial charge in [-0.15, -0.1) is 0 Å². The molecule has 2 amide bonds. The number of hydrogen-bond acceptors (Lipinski definition) is 6. The highest BCUT2D eigenvalue weighted by atomic mass is 32.2. The van der Waals surface area contributed by atoms with Gasteiger partial charge in [0, 0.05) is 26.2 Å². The molecule has 2 aliphatic rings. The number of aromatic nitrogens is 2. The van der Waals surface area contributed by atoms with Gasteiger partial charge in [0.15, 0.2) is 0 Å². The summed E-state index contributed by atoms with van der Waals surface area (Å²) in [5.74, 6) is 0.774. The molecule has 0 spiro atoms. The van der Waals surface area contributed by atoms with Gasteiger partial charge in [-0.2, -0.15) is 0 Å². The maximum atomic E-state index is 13.1. The molecule has 0 saturated carbocycles. The van der Waals surface area contributed by atoms with E-state index in [1.54, 1.807) is 0 Å². The summed E-state index contributed by atoms with van der Waals surface area (Å²) < 4.78 is 0. The number of amides is 2. The van der Waals surface area contributed by atoms with Crippen molar-refractivity contribution in [3.05, 3.63) is 95.1 Å². The van der Waals surface area contributed by atoms with Gasteiger partial charge >= 0.3 is 0 Å². The monoisotopic (exact) mass is 540 g/mol. The van der Waals surface area contributed by atoms with E-state index in [1.807, 2.05) is 46.2 Å². The zero-order valence-electron chi connectivity index (χ0n) is 21.0. The van der Waals surface area contributed by atoms with Crippen LogP contribution in [-0.2, 0) is 35.5 Å². The van der Waals surface area contributed by atoms with Crippen molar-refractivity contribution in [3.63, 3.8) is 0 Å². The molecule has 0 aliphatic carbocycles. The van der Waals surface area contributed by atoms with E-state index in [0.29, 0.717) is 34.6 Å². The first-order valence-electron chi connectivity index (χ1n) is 12.9. The molecule has 4 aromatic rings. The molecule has 0 bridgehead atoms. The minimum atomic E-state index is 0.0958. The topological polar surface area (TPSA) is 66.4 Å². The molecule has 38 heavy (non-hydrogen) atoms. The van der Waals surface area contributed by atoms with Crippen LogP contribution in [0, 0.1) is 0 Å². The molecule has 0 atom stereocenters. The highest BCUT2D eigenvalue weighted by Crippen LogP contribution is 2.31. The molecule has 0 fully saturated rings. The summed E-state index contributed by atoms with van der Waals surface area (Å²) in [6, 6.07) is 24.4. The van der Waals surface area contributed by atoms with Crippen molar-refractivity contribution >= 4 is 46.4 Å². The molecule has 3 aromatic carbocycles. The summed E-state index contributed by atoms with van der Waals surface area (Å²) in [5, 5.41) is 1.41. The number of carbonyl (C=O) groups is 2. The number of hydrogen-bond donors (Lipinski definition) is 0. The Kier molecular flexibility index (Phi) is 7.33. The predicted molar refractivity (Wildman–Crippen MR) is 152 cm³/mol. The Morgan fingerprint density at radius 2 is 1.00 bits per heavy atom. The van der Waals surface area contributed by atoms with E-state index in [-0.39, 0.29) is 11.8 Å². The highest BCUT2D eigenvalue weighted by molar-refractivity contribution is 8.02. The van der Waals surface area contributed by atoms with Crippen LogP contribution in [0.3, 0.4) is 0 Å². The Balaban J connectivity index is 1.14. The second-order valence-electron chi connectivity index (χ2n) is 9.57. The highest BCUT2D eigenvalue weighted by Gasteiger charge is 2.23. The Labute approximate surface area is 230 Å². The molecule has 2 aliphatic heterocycles. The average molecular weight is 541 g/mol. The van der Waals surface area contributed by atoms with Crippen LogP contribution in [0.25, 0.3) is 11.0 Å². The van der Waals surface area contributed by atoms with Crippen molar-refractivity contribution in [2.75, 3.05) is 24.6 Å². The fourth-order valence-corrected chi connectivity index (χ4v) is 6.92. The van der Waals surface area contributed by atoms with Gasteiger partial charge in [-0.05, 0) is 47.2 Å². The van der Waals surface area contributed by atoms with Gasteiger partial charge in [0.2, 0.25) is 11.8 Å². The first kappa shape index (κ1) is 24.9. The van der Waals surface area contributed by atoms with Crippen LogP contribution in [0.5, 0.6) is 0 Å². The Hall–Kier alpha value is -3.36. The molecule has 192 valence electrons. The lowest BCUT2D eigenvalue weighted by atomic mass is 10.00. The van der Waals surface area contributed by atoms with E-state index in [2.05, 4.69) is 36.4 Å². The minimum Gasteiger partial charge on any atom is -0.337 e. The number of benzene rings is 3. The van der Waals surface area contributed by atoms with Crippen LogP contribution in [0.2, 0.25) is 0 Å². The van der Waals surface area contributed by atoms with Crippen molar-refractivity contribution in [1.29, 1.82) is 0 Å². The van der Waals surface area contributed by atoms with E-state index < -0.39 is 0 Å². The molecular weight excluding hydrogens is 512 g/mol. The zero-order chi connectivity index (χ0) is 25.9. The quantitative estimate of drug-likeness (QED) is 0.321. The molecule has 0 unspecified atom stereocenters. The van der Waals surface area contributed by atoms with E-state index in [0.717, 1.165) is 37.0 Å². The molecule has 6 rings (SSSR count). The van der Waals surface area contributed by atoms with Gasteiger partial charge in [0.1, 0.15) is 10.1 Å². The van der Waals surface area contributed by atoms with Crippen molar-refractivity contribution in [2.24, 2.45) is 0 Å². The smallest absolute Gasteiger partial charge is 0.233 e. The SMILES string of the molecule is O=C(CSc1nc2ccccc2nc1SCC(=O)N1CCc2ccccc2C1)N1CCc2ccccc2C1. The van der Waals surface area contributed by atoms with E-state index >= 15 is 0 Å². The molecular formula is C30H28N4O2S2. The summed E-state index contributed by atoms with van der Waals surface area (Å²) in [7, 11) is 0. The number of carbonyl (C=O) groups excluding carboxylic acids is 2. The maximum absolute atomic E-state index is 13.1. The third-order valence-corrected chi connectivity index (χ3v) is 9.17. The van der Waals surface area contributed by atoms with Gasteiger partial charge in [-0.3, -0.25) is 9.59 Å². The van der Waals surface area contributed by atoms with Gasteiger partial charge in [-0.25, -0.2) is 9.97 Å². The second-order valence-corrected chi connectivity index (χ2v) is 11.5. The molecule has 0 radical (unpaired) electrons. The molecule has 1 aromatic heterocycles. The lowest BCUT2D eigenvalue weighted by Crippen LogP contribution is -2.37. The number of thioether (sulfide) groups is 2. The fourth-order valence-electron chi connectivity index (χ4n) is 5.02. The third-order valence-electron chi connectivity index (χ3n) is 7.14. The van der Waals surface area contributed by atoms with Gasteiger partial charge in [0.05, 0.1) is 22.5 Å². The lowest BCUT2D eigenvalue weighted by molar-refractivity contribution is -0.130. The number of nitrogens with zero attached hydrogens (tertiary/aromatic N) is 4. The first-order valence-corrected chi connectivity index (χ1v) is 14.8. The van der Waals surface area contributed by atoms with Crippen molar-refractivity contribution in [3.8, 4) is 0 Å². The number of rotatable bonds is 6. The minimum absolute atomic E-state index is 0.0958. The standard InChI is InChI=1S/C30H28N4O2S2/c35-27(33-15-13-21-7-1-3-9-23(21)17-33)19-37-29-30(32-26-12-6-5-11-25(26)31-29)38-20-28(36)34-16-14-22-8-2-4-10-24(22)18-34/h1-12H,13-20H2. The van der Waals surface area contributed by atoms with Crippen LogP contribution in [0.1, 0.15) is 22.3 Å². The lowest BCUT2D eigenvalue weighted by Gasteiger charge is -2.29. The third kappa shape index (κ3) is 5.42. The van der Waals surface area contributed by atoms with Crippen LogP contribution in [0.4, 0.5) is 0 Å². The van der Waals surface area contributed by atoms with Crippen LogP contribution < -0.4 is 0 Å². The molecule has 6 nitrogen and oxygen atoms in total. The van der Waals surface area contributed by atoms with Crippen LogP contribution >= 0.6 is 23.5 Å².